The molecule has 1 aliphatic rings. The summed E-state index contributed by atoms with van der Waals surface area (Å²) < 4.78 is 7.49. The van der Waals surface area contributed by atoms with Gasteiger partial charge in [0.05, 0.1) is 19.3 Å². The molecule has 2 aromatic rings. The van der Waals surface area contributed by atoms with Crippen LogP contribution in [0.2, 0.25) is 0 Å². The van der Waals surface area contributed by atoms with Gasteiger partial charge in [0, 0.05) is 18.5 Å². The molecule has 1 unspecified atom stereocenters. The summed E-state index contributed by atoms with van der Waals surface area (Å²) in [6.07, 6.45) is 3.69. The molecule has 1 amide bonds. The Morgan fingerprint density at radius 1 is 1.36 bits per heavy atom. The Bertz CT molecular complexity index is 698. The van der Waals surface area contributed by atoms with Crippen LogP contribution in [0.25, 0.3) is 0 Å². The van der Waals surface area contributed by atoms with Crippen LogP contribution in [0.15, 0.2) is 36.9 Å². The SMILES string of the molecule is CC(C)(Cc1ccc(O)cc1)C(=O)N1CCOC(Cn2cncn2)C1. The lowest BCUT2D eigenvalue weighted by Crippen LogP contribution is -2.51. The van der Waals surface area contributed by atoms with Gasteiger partial charge in [0.2, 0.25) is 5.91 Å². The van der Waals surface area contributed by atoms with Gasteiger partial charge in [-0.15, -0.1) is 0 Å². The molecular formula is C18H24N4O3. The van der Waals surface area contributed by atoms with Gasteiger partial charge in [-0.3, -0.25) is 9.48 Å². The number of nitrogens with zero attached hydrogens (tertiary/aromatic N) is 4. The third-order valence-electron chi connectivity index (χ3n) is 4.44. The molecule has 0 radical (unpaired) electrons. The number of carbonyl (C=O) groups excluding carboxylic acids is 1. The molecule has 7 nitrogen and oxygen atoms in total. The predicted molar refractivity (Wildman–Crippen MR) is 91.9 cm³/mol. The van der Waals surface area contributed by atoms with Crippen LogP contribution in [0.5, 0.6) is 5.75 Å². The Morgan fingerprint density at radius 2 is 2.12 bits per heavy atom. The zero-order valence-corrected chi connectivity index (χ0v) is 14.6. The molecule has 2 heterocycles. The van der Waals surface area contributed by atoms with E-state index < -0.39 is 5.41 Å². The molecule has 0 saturated carbocycles. The van der Waals surface area contributed by atoms with E-state index in [9.17, 15) is 9.90 Å². The van der Waals surface area contributed by atoms with Crippen LogP contribution in [-0.4, -0.2) is 56.5 Å². The van der Waals surface area contributed by atoms with Crippen molar-refractivity contribution in [1.82, 2.24) is 19.7 Å². The minimum absolute atomic E-state index is 0.0797. The monoisotopic (exact) mass is 344 g/mol. The topological polar surface area (TPSA) is 80.5 Å². The fourth-order valence-corrected chi connectivity index (χ4v) is 3.18. The number of aromatic hydroxyl groups is 1. The number of ether oxygens (including phenoxy) is 1. The largest absolute Gasteiger partial charge is 0.508 e. The molecule has 1 saturated heterocycles. The highest BCUT2D eigenvalue weighted by atomic mass is 16.5. The number of aromatic nitrogens is 3. The average Bonchev–Trinajstić information content (AvgIpc) is 3.09. The summed E-state index contributed by atoms with van der Waals surface area (Å²) in [5, 5.41) is 13.5. The van der Waals surface area contributed by atoms with E-state index in [-0.39, 0.29) is 17.8 Å². The molecule has 25 heavy (non-hydrogen) atoms. The van der Waals surface area contributed by atoms with Crippen LogP contribution in [0.4, 0.5) is 0 Å². The third kappa shape index (κ3) is 4.36. The molecule has 134 valence electrons. The van der Waals surface area contributed by atoms with Gasteiger partial charge in [-0.1, -0.05) is 26.0 Å². The van der Waals surface area contributed by atoms with Gasteiger partial charge in [-0.2, -0.15) is 5.10 Å². The van der Waals surface area contributed by atoms with Gasteiger partial charge in [0.25, 0.3) is 0 Å². The van der Waals surface area contributed by atoms with Crippen molar-refractivity contribution in [3.05, 3.63) is 42.5 Å². The molecule has 1 atom stereocenters. The van der Waals surface area contributed by atoms with Crippen molar-refractivity contribution < 1.29 is 14.6 Å². The Hall–Kier alpha value is -2.41. The molecule has 0 spiro atoms. The minimum atomic E-state index is -0.522. The van der Waals surface area contributed by atoms with Gasteiger partial charge >= 0.3 is 0 Å². The van der Waals surface area contributed by atoms with Gasteiger partial charge in [-0.05, 0) is 24.1 Å². The maximum absolute atomic E-state index is 13.0. The minimum Gasteiger partial charge on any atom is -0.508 e. The van der Waals surface area contributed by atoms with E-state index in [1.54, 1.807) is 23.1 Å². The molecule has 1 aromatic carbocycles. The summed E-state index contributed by atoms with van der Waals surface area (Å²) in [5.41, 5.74) is 0.509. The normalized spacial score (nSPS) is 18.3. The van der Waals surface area contributed by atoms with Crippen LogP contribution in [-0.2, 0) is 22.5 Å². The van der Waals surface area contributed by atoms with E-state index in [4.69, 9.17) is 4.74 Å². The Morgan fingerprint density at radius 3 is 2.80 bits per heavy atom. The number of rotatable bonds is 5. The summed E-state index contributed by atoms with van der Waals surface area (Å²) in [6, 6.07) is 7.02. The molecule has 1 N–H and O–H groups in total. The van der Waals surface area contributed by atoms with E-state index in [0.29, 0.717) is 32.7 Å². The second kappa shape index (κ2) is 7.23. The van der Waals surface area contributed by atoms with Crippen LogP contribution < -0.4 is 0 Å². The van der Waals surface area contributed by atoms with Crippen LogP contribution in [0.3, 0.4) is 0 Å². The van der Waals surface area contributed by atoms with Gasteiger partial charge < -0.3 is 14.7 Å². The number of benzene rings is 1. The van der Waals surface area contributed by atoms with Crippen molar-refractivity contribution in [3.8, 4) is 5.75 Å². The number of amides is 1. The lowest BCUT2D eigenvalue weighted by molar-refractivity contribution is -0.148. The van der Waals surface area contributed by atoms with Crippen LogP contribution in [0.1, 0.15) is 19.4 Å². The molecule has 1 aliphatic heterocycles. The van der Waals surface area contributed by atoms with Crippen molar-refractivity contribution in [3.63, 3.8) is 0 Å². The van der Waals surface area contributed by atoms with Crippen molar-refractivity contribution in [2.45, 2.75) is 32.9 Å². The summed E-state index contributed by atoms with van der Waals surface area (Å²) in [5.74, 6) is 0.351. The summed E-state index contributed by atoms with van der Waals surface area (Å²) in [4.78, 5) is 18.8. The van der Waals surface area contributed by atoms with Crippen molar-refractivity contribution in [2.75, 3.05) is 19.7 Å². The first-order valence-corrected chi connectivity index (χ1v) is 8.45. The third-order valence-corrected chi connectivity index (χ3v) is 4.44. The van der Waals surface area contributed by atoms with E-state index >= 15 is 0 Å². The second-order valence-electron chi connectivity index (χ2n) is 7.09. The standard InChI is InChI=1S/C18H24N4O3/c1-18(2,9-14-3-5-15(23)6-4-14)17(24)21-7-8-25-16(10-21)11-22-13-19-12-20-22/h3-6,12-13,16,23H,7-11H2,1-2H3. The van der Waals surface area contributed by atoms with Gasteiger partial charge in [-0.25, -0.2) is 4.98 Å². The Kier molecular flexibility index (Phi) is 5.03. The predicted octanol–water partition coefficient (Wildman–Crippen LogP) is 1.48. The molecule has 0 bridgehead atoms. The van der Waals surface area contributed by atoms with Crippen molar-refractivity contribution >= 4 is 5.91 Å². The van der Waals surface area contributed by atoms with Crippen molar-refractivity contribution in [1.29, 1.82) is 0 Å². The maximum atomic E-state index is 13.0. The first kappa shape index (κ1) is 17.4. The molecular weight excluding hydrogens is 320 g/mol. The van der Waals surface area contributed by atoms with E-state index in [1.165, 1.54) is 6.33 Å². The van der Waals surface area contributed by atoms with Gasteiger partial charge in [0.15, 0.2) is 0 Å². The summed E-state index contributed by atoms with van der Waals surface area (Å²) in [7, 11) is 0. The highest BCUT2D eigenvalue weighted by molar-refractivity contribution is 5.82. The number of phenols is 1. The Balaban J connectivity index is 1.62. The zero-order chi connectivity index (χ0) is 17.9. The molecule has 3 rings (SSSR count). The van der Waals surface area contributed by atoms with Crippen LogP contribution in [0, 0.1) is 5.41 Å². The molecule has 1 fully saturated rings. The fraction of sp³-hybridized carbons (Fsp3) is 0.500. The van der Waals surface area contributed by atoms with Gasteiger partial charge in [0.1, 0.15) is 18.4 Å². The highest BCUT2D eigenvalue weighted by Gasteiger charge is 2.35. The number of carbonyl (C=O) groups is 1. The summed E-state index contributed by atoms with van der Waals surface area (Å²) in [6.45, 7) is 6.19. The van der Waals surface area contributed by atoms with E-state index in [2.05, 4.69) is 10.1 Å². The lowest BCUT2D eigenvalue weighted by Gasteiger charge is -2.37. The number of hydrogen-bond donors (Lipinski definition) is 1. The Labute approximate surface area is 147 Å². The smallest absolute Gasteiger partial charge is 0.228 e. The number of hydrogen-bond acceptors (Lipinski definition) is 5. The molecule has 7 heteroatoms. The van der Waals surface area contributed by atoms with Crippen molar-refractivity contribution in [2.24, 2.45) is 5.41 Å². The lowest BCUT2D eigenvalue weighted by atomic mass is 9.84. The number of morpholine rings is 1. The molecule has 1 aromatic heterocycles. The zero-order valence-electron chi connectivity index (χ0n) is 14.6. The summed E-state index contributed by atoms with van der Waals surface area (Å²) >= 11 is 0. The second-order valence-corrected chi connectivity index (χ2v) is 7.09. The number of phenolic OH excluding ortho intramolecular Hbond substituents is 1. The highest BCUT2D eigenvalue weighted by Crippen LogP contribution is 2.26. The van der Waals surface area contributed by atoms with Crippen LogP contribution >= 0.6 is 0 Å². The first-order chi connectivity index (χ1) is 11.9. The first-order valence-electron chi connectivity index (χ1n) is 8.45. The van der Waals surface area contributed by atoms with E-state index in [0.717, 1.165) is 5.56 Å². The maximum Gasteiger partial charge on any atom is 0.228 e. The molecule has 0 aliphatic carbocycles. The fourth-order valence-electron chi connectivity index (χ4n) is 3.18. The van der Waals surface area contributed by atoms with E-state index in [1.807, 2.05) is 30.9 Å². The quantitative estimate of drug-likeness (QED) is 0.889. The average molecular weight is 344 g/mol.